The van der Waals surface area contributed by atoms with Crippen molar-refractivity contribution in [2.75, 3.05) is 0 Å². The van der Waals surface area contributed by atoms with Crippen LogP contribution >= 0.6 is 0 Å². The molecule has 3 heterocycles. The van der Waals surface area contributed by atoms with Gasteiger partial charge < -0.3 is 0 Å². The molecule has 0 spiro atoms. The summed E-state index contributed by atoms with van der Waals surface area (Å²) in [5.74, 6) is 0. The summed E-state index contributed by atoms with van der Waals surface area (Å²) in [6, 6.07) is 57.2. The van der Waals surface area contributed by atoms with Gasteiger partial charge >= 0.3 is 0 Å². The van der Waals surface area contributed by atoms with Crippen molar-refractivity contribution in [3.05, 3.63) is 164 Å². The molecule has 3 nitrogen and oxygen atoms in total. The number of aromatic nitrogens is 3. The maximum absolute atomic E-state index is 5.34. The van der Waals surface area contributed by atoms with E-state index in [9.17, 15) is 0 Å². The molecule has 0 saturated heterocycles. The van der Waals surface area contributed by atoms with Gasteiger partial charge in [-0.1, -0.05) is 140 Å². The fraction of sp³-hybridized carbons (Fsp3) is 0. The van der Waals surface area contributed by atoms with Crippen molar-refractivity contribution < 1.29 is 0 Å². The molecule has 0 fully saturated rings. The molecule has 0 N–H and O–H groups in total. The molecule has 3 aromatic heterocycles. The van der Waals surface area contributed by atoms with Crippen molar-refractivity contribution in [2.24, 2.45) is 0 Å². The lowest BCUT2D eigenvalue weighted by molar-refractivity contribution is 1.36. The van der Waals surface area contributed by atoms with Gasteiger partial charge in [0.05, 0.1) is 33.6 Å². The summed E-state index contributed by atoms with van der Waals surface area (Å²) in [4.78, 5) is 15.8. The first-order valence-electron chi connectivity index (χ1n) is 15.5. The lowest BCUT2D eigenvalue weighted by Gasteiger charge is -2.16. The van der Waals surface area contributed by atoms with Crippen LogP contribution in [0.15, 0.2) is 164 Å². The number of hydrogen-bond acceptors (Lipinski definition) is 3. The molecule has 0 amide bonds. The molecule has 0 aliphatic rings. The second-order valence-electron chi connectivity index (χ2n) is 11.6. The fourth-order valence-electron chi connectivity index (χ4n) is 6.60. The van der Waals surface area contributed by atoms with Crippen LogP contribution in [0.3, 0.4) is 0 Å². The summed E-state index contributed by atoms with van der Waals surface area (Å²) >= 11 is 0. The molecule has 46 heavy (non-hydrogen) atoms. The first-order chi connectivity index (χ1) is 22.8. The Morgan fingerprint density at radius 2 is 0.826 bits per heavy atom. The number of fused-ring (bicyclic) bond motifs is 6. The van der Waals surface area contributed by atoms with E-state index in [1.807, 2.05) is 24.3 Å². The van der Waals surface area contributed by atoms with Gasteiger partial charge in [-0.2, -0.15) is 0 Å². The summed E-state index contributed by atoms with van der Waals surface area (Å²) in [6.07, 6.45) is 0. The molecule has 0 saturated carbocycles. The Morgan fingerprint density at radius 1 is 0.326 bits per heavy atom. The summed E-state index contributed by atoms with van der Waals surface area (Å²) < 4.78 is 0. The molecule has 0 aliphatic heterocycles. The highest BCUT2D eigenvalue weighted by Gasteiger charge is 2.17. The third-order valence-corrected chi connectivity index (χ3v) is 8.83. The standard InChI is InChI=1S/C43H27N3/c1-4-12-28(13-5-1)35-26-39(30-16-8-3-9-17-30)44-40-27-36(33-18-10-11-19-34(33)41(35)40)38-25-23-32-21-20-31-22-24-37(29-14-6-2-7-15-29)45-42(31)43(32)46-38/h1-27H. The summed E-state index contributed by atoms with van der Waals surface area (Å²) in [6.45, 7) is 0. The van der Waals surface area contributed by atoms with Gasteiger partial charge in [-0.15, -0.1) is 0 Å². The van der Waals surface area contributed by atoms with Gasteiger partial charge in [-0.3, -0.25) is 0 Å². The fourth-order valence-corrected chi connectivity index (χ4v) is 6.60. The molecule has 3 heteroatoms. The van der Waals surface area contributed by atoms with E-state index in [2.05, 4.69) is 140 Å². The molecule has 9 rings (SSSR count). The van der Waals surface area contributed by atoms with Crippen molar-refractivity contribution in [1.82, 2.24) is 15.0 Å². The van der Waals surface area contributed by atoms with Gasteiger partial charge in [0.1, 0.15) is 0 Å². The summed E-state index contributed by atoms with van der Waals surface area (Å²) in [5.41, 5.74) is 11.1. The van der Waals surface area contributed by atoms with Crippen LogP contribution in [-0.4, -0.2) is 15.0 Å². The Kier molecular flexibility index (Phi) is 6.14. The van der Waals surface area contributed by atoms with Crippen LogP contribution in [0, 0.1) is 0 Å². The Balaban J connectivity index is 1.33. The predicted octanol–water partition coefficient (Wildman–Crippen LogP) is 11.2. The van der Waals surface area contributed by atoms with Crippen LogP contribution in [0.5, 0.6) is 0 Å². The molecule has 6 aromatic carbocycles. The molecule has 0 radical (unpaired) electrons. The zero-order valence-electron chi connectivity index (χ0n) is 24.9. The lowest BCUT2D eigenvalue weighted by Crippen LogP contribution is -1.95. The Bertz CT molecular complexity index is 2560. The topological polar surface area (TPSA) is 38.7 Å². The first kappa shape index (κ1) is 26.2. The normalized spacial score (nSPS) is 11.5. The molecule has 0 bridgehead atoms. The van der Waals surface area contributed by atoms with Gasteiger partial charge in [0, 0.05) is 32.8 Å². The van der Waals surface area contributed by atoms with Crippen molar-refractivity contribution in [1.29, 1.82) is 0 Å². The SMILES string of the molecule is c1ccc(-c2cc(-c3ccccc3)c3c(cc(-c4ccc5ccc6ccc(-c7ccccc7)nc6c5n4)c4ccccc43)n2)cc1. The number of pyridine rings is 3. The highest BCUT2D eigenvalue weighted by molar-refractivity contribution is 6.18. The van der Waals surface area contributed by atoms with Gasteiger partial charge in [0.15, 0.2) is 0 Å². The van der Waals surface area contributed by atoms with Crippen molar-refractivity contribution in [2.45, 2.75) is 0 Å². The van der Waals surface area contributed by atoms with E-state index in [0.29, 0.717) is 0 Å². The zero-order chi connectivity index (χ0) is 30.5. The third kappa shape index (κ3) is 4.41. The van der Waals surface area contributed by atoms with Crippen LogP contribution < -0.4 is 0 Å². The number of rotatable bonds is 4. The van der Waals surface area contributed by atoms with E-state index in [1.165, 1.54) is 11.1 Å². The predicted molar refractivity (Wildman–Crippen MR) is 192 cm³/mol. The Morgan fingerprint density at radius 3 is 1.48 bits per heavy atom. The average molecular weight is 586 g/mol. The minimum Gasteiger partial charge on any atom is -0.248 e. The molecule has 0 aliphatic carbocycles. The molecule has 9 aromatic rings. The molecule has 0 unspecified atom stereocenters. The van der Waals surface area contributed by atoms with Crippen molar-refractivity contribution in [3.8, 4) is 44.9 Å². The lowest BCUT2D eigenvalue weighted by atomic mass is 9.91. The summed E-state index contributed by atoms with van der Waals surface area (Å²) in [7, 11) is 0. The molecule has 0 atom stereocenters. The zero-order valence-corrected chi connectivity index (χ0v) is 24.9. The number of hydrogen-bond donors (Lipinski definition) is 0. The smallest absolute Gasteiger partial charge is 0.0972 e. The minimum absolute atomic E-state index is 0.896. The van der Waals surface area contributed by atoms with E-state index < -0.39 is 0 Å². The van der Waals surface area contributed by atoms with Gasteiger partial charge in [0.25, 0.3) is 0 Å². The van der Waals surface area contributed by atoms with E-state index in [4.69, 9.17) is 15.0 Å². The maximum Gasteiger partial charge on any atom is 0.0972 e. The Labute approximate surface area is 266 Å². The van der Waals surface area contributed by atoms with E-state index in [0.717, 1.165) is 77.3 Å². The highest BCUT2D eigenvalue weighted by atomic mass is 14.8. The number of benzene rings is 6. The molecular formula is C43H27N3. The van der Waals surface area contributed by atoms with Gasteiger partial charge in [0.2, 0.25) is 0 Å². The van der Waals surface area contributed by atoms with Crippen LogP contribution in [0.4, 0.5) is 0 Å². The maximum atomic E-state index is 5.34. The van der Waals surface area contributed by atoms with E-state index in [1.54, 1.807) is 0 Å². The van der Waals surface area contributed by atoms with Gasteiger partial charge in [-0.25, -0.2) is 15.0 Å². The van der Waals surface area contributed by atoms with Crippen LogP contribution in [-0.2, 0) is 0 Å². The Hall–Kier alpha value is -6.19. The minimum atomic E-state index is 0.896. The second-order valence-corrected chi connectivity index (χ2v) is 11.6. The van der Waals surface area contributed by atoms with Crippen molar-refractivity contribution in [3.63, 3.8) is 0 Å². The average Bonchev–Trinajstić information content (AvgIpc) is 3.14. The number of nitrogens with zero attached hydrogens (tertiary/aromatic N) is 3. The van der Waals surface area contributed by atoms with Crippen LogP contribution in [0.1, 0.15) is 0 Å². The third-order valence-electron chi connectivity index (χ3n) is 8.83. The largest absolute Gasteiger partial charge is 0.248 e. The first-order valence-corrected chi connectivity index (χ1v) is 15.5. The highest BCUT2D eigenvalue weighted by Crippen LogP contribution is 2.41. The molecular weight excluding hydrogens is 558 g/mol. The monoisotopic (exact) mass is 585 g/mol. The van der Waals surface area contributed by atoms with Crippen LogP contribution in [0.25, 0.3) is 88.4 Å². The van der Waals surface area contributed by atoms with Gasteiger partial charge in [-0.05, 0) is 46.2 Å². The van der Waals surface area contributed by atoms with E-state index >= 15 is 0 Å². The second kappa shape index (κ2) is 10.8. The van der Waals surface area contributed by atoms with Crippen LogP contribution in [0.2, 0.25) is 0 Å². The van der Waals surface area contributed by atoms with Crippen molar-refractivity contribution >= 4 is 43.5 Å². The quantitative estimate of drug-likeness (QED) is 0.193. The molecule has 214 valence electrons. The summed E-state index contributed by atoms with van der Waals surface area (Å²) in [5, 5.41) is 5.58. The van der Waals surface area contributed by atoms with E-state index in [-0.39, 0.29) is 0 Å².